The Labute approximate surface area is 119 Å². The molecule has 0 saturated carbocycles. The maximum atomic E-state index is 13.3. The Hall–Kier alpha value is -2.68. The lowest BCUT2D eigenvalue weighted by Gasteiger charge is -2.02. The van der Waals surface area contributed by atoms with E-state index in [1.165, 1.54) is 11.3 Å². The number of rotatable bonds is 3. The number of halogens is 2. The van der Waals surface area contributed by atoms with Gasteiger partial charge in [0.1, 0.15) is 5.69 Å². The molecule has 0 radical (unpaired) electrons. The Morgan fingerprint density at radius 2 is 2.05 bits per heavy atom. The number of benzene rings is 1. The highest BCUT2D eigenvalue weighted by atomic mass is 32.1. The van der Waals surface area contributed by atoms with E-state index in [0.717, 1.165) is 0 Å². The van der Waals surface area contributed by atoms with Gasteiger partial charge >= 0.3 is 5.97 Å². The highest BCUT2D eigenvalue weighted by molar-refractivity contribution is 7.07. The SMILES string of the molecule is O=C(O)c1cc(F)c(F)cc1-c1nc(-c2cscn2)no1. The number of nitrogens with zero attached hydrogens (tertiary/aromatic N) is 3. The number of aromatic carboxylic acids is 1. The summed E-state index contributed by atoms with van der Waals surface area (Å²) in [7, 11) is 0. The van der Waals surface area contributed by atoms with Gasteiger partial charge in [0, 0.05) is 5.38 Å². The first-order valence-corrected chi connectivity index (χ1v) is 6.45. The van der Waals surface area contributed by atoms with Crippen molar-refractivity contribution < 1.29 is 23.2 Å². The van der Waals surface area contributed by atoms with E-state index in [0.29, 0.717) is 17.8 Å². The molecule has 1 aromatic carbocycles. The summed E-state index contributed by atoms with van der Waals surface area (Å²) in [5.41, 5.74) is 1.33. The number of thiazole rings is 1. The lowest BCUT2D eigenvalue weighted by molar-refractivity contribution is 0.0696. The molecule has 0 aliphatic rings. The molecule has 0 unspecified atom stereocenters. The summed E-state index contributed by atoms with van der Waals surface area (Å²) < 4.78 is 31.4. The van der Waals surface area contributed by atoms with E-state index >= 15 is 0 Å². The van der Waals surface area contributed by atoms with Gasteiger partial charge in [-0.1, -0.05) is 5.16 Å². The van der Waals surface area contributed by atoms with Crippen molar-refractivity contribution in [2.45, 2.75) is 0 Å². The number of carboxylic acids is 1. The lowest BCUT2D eigenvalue weighted by atomic mass is 10.1. The molecule has 21 heavy (non-hydrogen) atoms. The molecule has 3 rings (SSSR count). The first-order valence-electron chi connectivity index (χ1n) is 5.51. The standard InChI is InChI=1S/C12H5F2N3O3S/c13-7-1-5(6(12(18)19)2-8(7)14)11-16-10(17-20-11)9-3-21-4-15-9/h1-4H,(H,18,19). The average molecular weight is 309 g/mol. The minimum Gasteiger partial charge on any atom is -0.478 e. The number of aromatic nitrogens is 3. The Bertz CT molecular complexity index is 817. The van der Waals surface area contributed by atoms with Crippen LogP contribution in [0.2, 0.25) is 0 Å². The second-order valence-corrected chi connectivity index (χ2v) is 4.63. The first kappa shape index (κ1) is 13.3. The summed E-state index contributed by atoms with van der Waals surface area (Å²) in [5, 5.41) is 14.3. The van der Waals surface area contributed by atoms with Crippen molar-refractivity contribution in [1.29, 1.82) is 0 Å². The predicted octanol–water partition coefficient (Wildman–Crippen LogP) is 2.84. The third-order valence-corrected chi connectivity index (χ3v) is 3.20. The molecule has 3 aromatic rings. The summed E-state index contributed by atoms with van der Waals surface area (Å²) in [6.45, 7) is 0. The molecule has 9 heteroatoms. The summed E-state index contributed by atoms with van der Waals surface area (Å²) >= 11 is 1.32. The Kier molecular flexibility index (Phi) is 3.18. The third kappa shape index (κ3) is 2.38. The second kappa shape index (κ2) is 5.02. The van der Waals surface area contributed by atoms with E-state index < -0.39 is 23.2 Å². The van der Waals surface area contributed by atoms with E-state index in [9.17, 15) is 13.6 Å². The lowest BCUT2D eigenvalue weighted by Crippen LogP contribution is -2.02. The summed E-state index contributed by atoms with van der Waals surface area (Å²) in [5.74, 6) is -4.00. The molecule has 0 aliphatic heterocycles. The molecule has 0 bridgehead atoms. The number of carboxylic acid groups (broad SMARTS) is 1. The van der Waals surface area contributed by atoms with Crippen molar-refractivity contribution >= 4 is 17.3 Å². The van der Waals surface area contributed by atoms with Gasteiger partial charge in [-0.05, 0) is 12.1 Å². The van der Waals surface area contributed by atoms with Crippen LogP contribution in [0.15, 0.2) is 27.5 Å². The zero-order valence-corrected chi connectivity index (χ0v) is 10.9. The Morgan fingerprint density at radius 1 is 1.29 bits per heavy atom. The van der Waals surface area contributed by atoms with Crippen LogP contribution in [-0.2, 0) is 0 Å². The van der Waals surface area contributed by atoms with Gasteiger partial charge in [-0.15, -0.1) is 11.3 Å². The monoisotopic (exact) mass is 309 g/mol. The van der Waals surface area contributed by atoms with Gasteiger partial charge in [0.2, 0.25) is 5.82 Å². The molecule has 0 spiro atoms. The number of hydrogen-bond acceptors (Lipinski definition) is 6. The normalized spacial score (nSPS) is 10.8. The van der Waals surface area contributed by atoms with Crippen LogP contribution in [-0.4, -0.2) is 26.2 Å². The van der Waals surface area contributed by atoms with Gasteiger partial charge < -0.3 is 9.63 Å². The molecule has 0 fully saturated rings. The fraction of sp³-hybridized carbons (Fsp3) is 0. The van der Waals surface area contributed by atoms with Crippen molar-refractivity contribution in [2.24, 2.45) is 0 Å². The molecule has 6 nitrogen and oxygen atoms in total. The largest absolute Gasteiger partial charge is 0.478 e. The highest BCUT2D eigenvalue weighted by Crippen LogP contribution is 2.27. The molecule has 2 aromatic heterocycles. The van der Waals surface area contributed by atoms with Crippen LogP contribution >= 0.6 is 11.3 Å². The molecule has 0 atom stereocenters. The molecule has 0 amide bonds. The summed E-state index contributed by atoms with van der Waals surface area (Å²) in [4.78, 5) is 19.0. The number of hydrogen-bond donors (Lipinski definition) is 1. The highest BCUT2D eigenvalue weighted by Gasteiger charge is 2.21. The van der Waals surface area contributed by atoms with Gasteiger partial charge in [-0.3, -0.25) is 0 Å². The molecule has 0 saturated heterocycles. The van der Waals surface area contributed by atoms with E-state index in [4.69, 9.17) is 9.63 Å². The predicted molar refractivity (Wildman–Crippen MR) is 67.7 cm³/mol. The zero-order chi connectivity index (χ0) is 15.0. The van der Waals surface area contributed by atoms with Crippen LogP contribution in [0.25, 0.3) is 23.0 Å². The van der Waals surface area contributed by atoms with Crippen LogP contribution in [0, 0.1) is 11.6 Å². The van der Waals surface area contributed by atoms with Gasteiger partial charge in [0.25, 0.3) is 5.89 Å². The molecule has 106 valence electrons. The quantitative estimate of drug-likeness (QED) is 0.800. The fourth-order valence-corrected chi connectivity index (χ4v) is 2.19. The second-order valence-electron chi connectivity index (χ2n) is 3.91. The number of carbonyl (C=O) groups is 1. The topological polar surface area (TPSA) is 89.1 Å². The first-order chi connectivity index (χ1) is 10.1. The third-order valence-electron chi connectivity index (χ3n) is 2.61. The van der Waals surface area contributed by atoms with Gasteiger partial charge in [0.05, 0.1) is 16.6 Å². The van der Waals surface area contributed by atoms with Crippen molar-refractivity contribution in [2.75, 3.05) is 0 Å². The molecule has 2 heterocycles. The maximum Gasteiger partial charge on any atom is 0.336 e. The Balaban J connectivity index is 2.12. The van der Waals surface area contributed by atoms with E-state index in [2.05, 4.69) is 15.1 Å². The average Bonchev–Trinajstić information content (AvgIpc) is 3.10. The molecular formula is C12H5F2N3O3S. The molecular weight excluding hydrogens is 304 g/mol. The molecule has 0 aliphatic carbocycles. The van der Waals surface area contributed by atoms with E-state index in [-0.39, 0.29) is 17.3 Å². The van der Waals surface area contributed by atoms with Gasteiger partial charge in [-0.2, -0.15) is 4.98 Å². The van der Waals surface area contributed by atoms with Crippen molar-refractivity contribution in [3.63, 3.8) is 0 Å². The van der Waals surface area contributed by atoms with Crippen LogP contribution in [0.1, 0.15) is 10.4 Å². The van der Waals surface area contributed by atoms with Crippen molar-refractivity contribution in [1.82, 2.24) is 15.1 Å². The smallest absolute Gasteiger partial charge is 0.336 e. The minimum absolute atomic E-state index is 0.132. The van der Waals surface area contributed by atoms with Gasteiger partial charge in [-0.25, -0.2) is 18.6 Å². The minimum atomic E-state index is -1.43. The zero-order valence-electron chi connectivity index (χ0n) is 10.1. The summed E-state index contributed by atoms with van der Waals surface area (Å²) in [6, 6.07) is 1.27. The fourth-order valence-electron chi connectivity index (χ4n) is 1.66. The van der Waals surface area contributed by atoms with Crippen LogP contribution in [0.5, 0.6) is 0 Å². The van der Waals surface area contributed by atoms with Crippen molar-refractivity contribution in [3.05, 3.63) is 40.2 Å². The molecule has 1 N–H and O–H groups in total. The van der Waals surface area contributed by atoms with E-state index in [1.54, 1.807) is 10.9 Å². The van der Waals surface area contributed by atoms with Crippen LogP contribution in [0.4, 0.5) is 8.78 Å². The Morgan fingerprint density at radius 3 is 2.71 bits per heavy atom. The summed E-state index contributed by atoms with van der Waals surface area (Å²) in [6.07, 6.45) is 0. The van der Waals surface area contributed by atoms with Crippen molar-refractivity contribution in [3.8, 4) is 23.0 Å². The van der Waals surface area contributed by atoms with Gasteiger partial charge in [0.15, 0.2) is 11.6 Å². The van der Waals surface area contributed by atoms with E-state index in [1.807, 2.05) is 0 Å². The van der Waals surface area contributed by atoms with Crippen LogP contribution in [0.3, 0.4) is 0 Å². The van der Waals surface area contributed by atoms with Crippen LogP contribution < -0.4 is 0 Å². The maximum absolute atomic E-state index is 13.3.